The zero-order valence-corrected chi connectivity index (χ0v) is 28.4. The summed E-state index contributed by atoms with van der Waals surface area (Å²) in [6, 6.07) is 4.61. The summed E-state index contributed by atoms with van der Waals surface area (Å²) in [5.41, 5.74) is 0. The summed E-state index contributed by atoms with van der Waals surface area (Å²) in [4.78, 5) is 46.1. The first-order valence-corrected chi connectivity index (χ1v) is 17.2. The molecule has 5 saturated heterocycles. The Kier molecular flexibility index (Phi) is 11.7. The van der Waals surface area contributed by atoms with Gasteiger partial charge in [0.1, 0.15) is 0 Å². The zero-order valence-electron chi connectivity index (χ0n) is 28.4. The maximum Gasteiger partial charge on any atom is 0.246 e. The van der Waals surface area contributed by atoms with Crippen molar-refractivity contribution in [2.75, 3.05) is 32.7 Å². The van der Waals surface area contributed by atoms with E-state index in [0.29, 0.717) is 60.2 Å². The lowest BCUT2D eigenvalue weighted by Crippen LogP contribution is -2.71. The van der Waals surface area contributed by atoms with Crippen LogP contribution in [-0.4, -0.2) is 123 Å². The molecule has 5 aliphatic heterocycles. The third-order valence-corrected chi connectivity index (χ3v) is 11.3. The predicted octanol–water partition coefficient (Wildman–Crippen LogP) is 4.37. The van der Waals surface area contributed by atoms with Crippen molar-refractivity contribution in [2.24, 2.45) is 11.8 Å². The van der Waals surface area contributed by atoms with Gasteiger partial charge in [-0.25, -0.2) is 0 Å². The van der Waals surface area contributed by atoms with Crippen LogP contribution in [0, 0.1) is 11.8 Å². The van der Waals surface area contributed by atoms with Gasteiger partial charge >= 0.3 is 0 Å². The Balaban J connectivity index is 0.000000151. The van der Waals surface area contributed by atoms with Crippen molar-refractivity contribution in [3.8, 4) is 0 Å². The van der Waals surface area contributed by atoms with E-state index in [1.807, 2.05) is 9.80 Å². The minimum absolute atomic E-state index is 0.0989. The second-order valence-corrected chi connectivity index (χ2v) is 14.4. The van der Waals surface area contributed by atoms with E-state index in [0.717, 1.165) is 38.9 Å². The monoisotopic (exact) mass is 609 g/mol. The van der Waals surface area contributed by atoms with Crippen molar-refractivity contribution in [3.05, 3.63) is 38.0 Å². The number of nitrogens with zero attached hydrogens (tertiary/aromatic N) is 5. The maximum absolute atomic E-state index is 11.6. The Morgan fingerprint density at radius 2 is 1.16 bits per heavy atom. The summed E-state index contributed by atoms with van der Waals surface area (Å²) in [6.45, 7) is 29.3. The van der Waals surface area contributed by atoms with Crippen molar-refractivity contribution in [1.29, 1.82) is 0 Å². The summed E-state index contributed by atoms with van der Waals surface area (Å²) in [7, 11) is 0. The highest BCUT2D eigenvalue weighted by molar-refractivity contribution is 5.92. The highest BCUT2D eigenvalue weighted by atomic mass is 16.2. The van der Waals surface area contributed by atoms with Crippen LogP contribution in [0.3, 0.4) is 0 Å². The molecule has 8 nitrogen and oxygen atoms in total. The minimum atomic E-state index is 0.0989. The average molecular weight is 610 g/mol. The molecule has 8 heteroatoms. The summed E-state index contributed by atoms with van der Waals surface area (Å²) >= 11 is 0. The fourth-order valence-corrected chi connectivity index (χ4v) is 8.75. The van der Waals surface area contributed by atoms with E-state index in [-0.39, 0.29) is 17.6 Å². The van der Waals surface area contributed by atoms with Gasteiger partial charge in [0.2, 0.25) is 11.8 Å². The third-order valence-electron chi connectivity index (χ3n) is 11.3. The molecule has 0 N–H and O–H groups in total. The number of allylic oxidation sites excluding steroid dienone is 1. The first kappa shape index (κ1) is 34.6. The number of ketones is 1. The number of carbonyl (C=O) groups excluding carboxylic acids is 3. The Labute approximate surface area is 267 Å². The number of piperidine rings is 2. The van der Waals surface area contributed by atoms with Gasteiger partial charge in [-0.3, -0.25) is 29.1 Å². The van der Waals surface area contributed by atoms with Crippen LogP contribution in [0.15, 0.2) is 38.0 Å². The fourth-order valence-electron chi connectivity index (χ4n) is 8.75. The van der Waals surface area contributed by atoms with Gasteiger partial charge in [-0.15, -0.1) is 0 Å². The van der Waals surface area contributed by atoms with E-state index in [1.54, 1.807) is 0 Å². The number of hydrogen-bond donors (Lipinski definition) is 0. The molecule has 5 heterocycles. The van der Waals surface area contributed by atoms with Gasteiger partial charge in [0.15, 0.2) is 5.78 Å². The molecule has 0 aromatic heterocycles. The lowest BCUT2D eigenvalue weighted by molar-refractivity contribution is -0.145. The van der Waals surface area contributed by atoms with Gasteiger partial charge in [0, 0.05) is 67.8 Å². The van der Waals surface area contributed by atoms with Gasteiger partial charge in [-0.1, -0.05) is 19.7 Å². The molecule has 7 unspecified atom stereocenters. The van der Waals surface area contributed by atoms with E-state index in [9.17, 15) is 14.4 Å². The van der Waals surface area contributed by atoms with Gasteiger partial charge in [0.25, 0.3) is 0 Å². The molecule has 0 aromatic carbocycles. The molecule has 0 radical (unpaired) electrons. The fraction of sp³-hybridized carbons (Fsp3) is 0.750. The highest BCUT2D eigenvalue weighted by Crippen LogP contribution is 2.46. The van der Waals surface area contributed by atoms with Crippen LogP contribution < -0.4 is 0 Å². The van der Waals surface area contributed by atoms with Crippen molar-refractivity contribution in [1.82, 2.24) is 24.5 Å². The molecule has 7 atom stereocenters. The molecule has 6 aliphatic rings. The molecule has 0 spiro atoms. The zero-order chi connectivity index (χ0) is 32.3. The number of carbonyl (C=O) groups is 3. The van der Waals surface area contributed by atoms with Crippen LogP contribution in [0.2, 0.25) is 0 Å². The third kappa shape index (κ3) is 6.92. The molecule has 44 heavy (non-hydrogen) atoms. The summed E-state index contributed by atoms with van der Waals surface area (Å²) < 4.78 is 0. The Bertz CT molecular complexity index is 1070. The minimum Gasteiger partial charge on any atom is -0.333 e. The van der Waals surface area contributed by atoms with Gasteiger partial charge in [0.05, 0.1) is 6.04 Å². The first-order valence-electron chi connectivity index (χ1n) is 17.2. The first-order chi connectivity index (χ1) is 20.9. The van der Waals surface area contributed by atoms with Gasteiger partial charge in [-0.2, -0.15) is 0 Å². The number of amides is 2. The molecular formula is C36H59N5O3. The van der Waals surface area contributed by atoms with Crippen molar-refractivity contribution in [3.63, 3.8) is 0 Å². The summed E-state index contributed by atoms with van der Waals surface area (Å²) in [5, 5.41) is 0. The smallest absolute Gasteiger partial charge is 0.246 e. The topological polar surface area (TPSA) is 67.4 Å². The molecule has 6 rings (SSSR count). The van der Waals surface area contributed by atoms with Crippen LogP contribution >= 0.6 is 0 Å². The Morgan fingerprint density at radius 1 is 0.591 bits per heavy atom. The second-order valence-electron chi connectivity index (χ2n) is 14.4. The maximum atomic E-state index is 11.6. The van der Waals surface area contributed by atoms with Crippen LogP contribution in [0.1, 0.15) is 80.1 Å². The van der Waals surface area contributed by atoms with Crippen LogP contribution in [0.4, 0.5) is 0 Å². The predicted molar refractivity (Wildman–Crippen MR) is 178 cm³/mol. The molecule has 1 saturated carbocycles. The molecule has 0 bridgehead atoms. The Morgan fingerprint density at radius 3 is 1.75 bits per heavy atom. The normalized spacial score (nSPS) is 32.8. The molecule has 246 valence electrons. The number of fused-ring (bicyclic) bond motifs is 3. The van der Waals surface area contributed by atoms with E-state index < -0.39 is 0 Å². The lowest BCUT2D eigenvalue weighted by atomic mass is 9.67. The molecule has 0 aromatic rings. The van der Waals surface area contributed by atoms with Crippen LogP contribution in [0.25, 0.3) is 0 Å². The van der Waals surface area contributed by atoms with E-state index in [2.05, 4.69) is 76.0 Å². The van der Waals surface area contributed by atoms with Gasteiger partial charge < -0.3 is 9.80 Å². The summed E-state index contributed by atoms with van der Waals surface area (Å²) in [5.74, 6) is 1.39. The van der Waals surface area contributed by atoms with Crippen molar-refractivity contribution >= 4 is 17.6 Å². The quantitative estimate of drug-likeness (QED) is 0.400. The molecule has 6 fully saturated rings. The second kappa shape index (κ2) is 14.9. The van der Waals surface area contributed by atoms with Gasteiger partial charge in [-0.05, 0) is 117 Å². The summed E-state index contributed by atoms with van der Waals surface area (Å²) in [6.07, 6.45) is 11.4. The van der Waals surface area contributed by atoms with E-state index >= 15 is 0 Å². The van der Waals surface area contributed by atoms with E-state index in [1.165, 1.54) is 50.6 Å². The van der Waals surface area contributed by atoms with Crippen LogP contribution in [-0.2, 0) is 14.4 Å². The SMILES string of the molecule is C=CC(=O)C1CC2C1CCN2C(C)C.C=CC(=O)N1CC2C1CCCN2C(C)C.C=CC(=O)N1CCCC2C1CN2C(C)C. The molecule has 1 aliphatic carbocycles. The number of likely N-dealkylation sites (tertiary alicyclic amines) is 5. The average Bonchev–Trinajstić information content (AvgIpc) is 3.29. The Hall–Kier alpha value is -2.29. The lowest BCUT2D eigenvalue weighted by Gasteiger charge is -2.57. The molecule has 2 amide bonds. The largest absolute Gasteiger partial charge is 0.333 e. The highest BCUT2D eigenvalue weighted by Gasteiger charge is 2.51. The molecular weight excluding hydrogens is 550 g/mol. The van der Waals surface area contributed by atoms with E-state index in [4.69, 9.17) is 0 Å². The standard InChI is InChI=1S/2C12H20N2O.C12H19NO/c1-4-12(15)13-7-5-6-10-11(13)8-14(10)9(2)3;1-4-12(15)14-8-11-10(14)6-5-7-13(11)9(2)3;1-4-12(14)10-7-11-9(10)5-6-13(11)8(2)3/h2*4,9-11H,1,5-8H2,2-3H3;4,8-11H,1,5-7H2,2-3H3. The van der Waals surface area contributed by atoms with Crippen molar-refractivity contribution in [2.45, 2.75) is 128 Å². The number of hydrogen-bond acceptors (Lipinski definition) is 6. The number of rotatable bonds is 7. The van der Waals surface area contributed by atoms with Crippen molar-refractivity contribution < 1.29 is 14.4 Å². The van der Waals surface area contributed by atoms with Crippen LogP contribution in [0.5, 0.6) is 0 Å².